The molecular weight excluding hydrogens is 396 g/mol. The molecule has 3 rings (SSSR count). The normalized spacial score (nSPS) is 16.2. The molecule has 0 aliphatic carbocycles. The van der Waals surface area contributed by atoms with E-state index in [1.165, 1.54) is 11.8 Å². The van der Waals surface area contributed by atoms with Gasteiger partial charge in [-0.25, -0.2) is 4.98 Å². The lowest BCUT2D eigenvalue weighted by Crippen LogP contribution is -2.36. The number of fused-ring (bicyclic) bond motifs is 1. The highest BCUT2D eigenvalue weighted by Crippen LogP contribution is 2.30. The van der Waals surface area contributed by atoms with Crippen molar-refractivity contribution in [3.05, 3.63) is 44.7 Å². The van der Waals surface area contributed by atoms with E-state index in [1.54, 1.807) is 24.5 Å². The van der Waals surface area contributed by atoms with Crippen molar-refractivity contribution >= 4 is 51.0 Å². The second-order valence-corrected chi connectivity index (χ2v) is 6.85. The Bertz CT molecular complexity index is 883. The first-order valence-electron chi connectivity index (χ1n) is 7.02. The molecule has 0 radical (unpaired) electrons. The van der Waals surface area contributed by atoms with E-state index >= 15 is 0 Å². The average Bonchev–Trinajstić information content (AvgIpc) is 2.53. The molecular formula is C15H13BrN4O3S. The van der Waals surface area contributed by atoms with Crippen molar-refractivity contribution in [2.75, 3.05) is 16.9 Å². The zero-order valence-corrected chi connectivity index (χ0v) is 15.0. The molecule has 7 nitrogen and oxygen atoms in total. The molecule has 0 spiro atoms. The summed E-state index contributed by atoms with van der Waals surface area (Å²) in [6, 6.07) is 7.07. The van der Waals surface area contributed by atoms with Gasteiger partial charge in [0.1, 0.15) is 5.82 Å². The molecule has 3 N–H and O–H groups in total. The second-order valence-electron chi connectivity index (χ2n) is 5.14. The van der Waals surface area contributed by atoms with Gasteiger partial charge in [0.2, 0.25) is 11.8 Å². The van der Waals surface area contributed by atoms with Gasteiger partial charge in [-0.3, -0.25) is 14.4 Å². The number of H-pyrrole nitrogens is 1. The van der Waals surface area contributed by atoms with Crippen molar-refractivity contribution in [3.63, 3.8) is 0 Å². The molecule has 1 atom stereocenters. The van der Waals surface area contributed by atoms with Crippen LogP contribution in [-0.4, -0.2) is 28.0 Å². The van der Waals surface area contributed by atoms with E-state index < -0.39 is 17.4 Å². The molecule has 9 heteroatoms. The zero-order valence-electron chi connectivity index (χ0n) is 12.6. The van der Waals surface area contributed by atoms with Gasteiger partial charge in [0.25, 0.3) is 5.56 Å². The molecule has 1 aromatic heterocycles. The molecule has 0 unspecified atom stereocenters. The first kappa shape index (κ1) is 16.7. The van der Waals surface area contributed by atoms with Crippen LogP contribution in [0.5, 0.6) is 0 Å². The van der Waals surface area contributed by atoms with Crippen LogP contribution >= 0.6 is 27.7 Å². The summed E-state index contributed by atoms with van der Waals surface area (Å²) in [5.74, 6) is -1.51. The third kappa shape index (κ3) is 3.36. The first-order chi connectivity index (χ1) is 11.5. The van der Waals surface area contributed by atoms with Crippen LogP contribution in [0, 0.1) is 0 Å². The summed E-state index contributed by atoms with van der Waals surface area (Å²) >= 11 is 4.58. The molecule has 2 amide bonds. The summed E-state index contributed by atoms with van der Waals surface area (Å²) < 4.78 is 0.811. The molecule has 0 bridgehead atoms. The van der Waals surface area contributed by atoms with Crippen LogP contribution in [0.3, 0.4) is 0 Å². The Morgan fingerprint density at radius 2 is 2.21 bits per heavy atom. The Morgan fingerprint density at radius 1 is 1.42 bits per heavy atom. The van der Waals surface area contributed by atoms with Crippen LogP contribution < -0.4 is 16.2 Å². The van der Waals surface area contributed by atoms with Crippen LogP contribution in [0.15, 0.2) is 38.7 Å². The number of amides is 2. The number of thioether (sulfide) groups is 1. The largest absolute Gasteiger partial charge is 0.326 e. The van der Waals surface area contributed by atoms with Crippen LogP contribution in [0.1, 0.15) is 17.9 Å². The fourth-order valence-electron chi connectivity index (χ4n) is 2.47. The standard InChI is InChI=1S/C15H13BrN4O3S/c1-24-15-19-12-11(14(23)20-15)9(6-10(21)18-12)13(22)17-8-4-2-3-7(16)5-8/h2-5,9H,6H2,1H3,(H,17,22)(H2,18,19,20,21,23)/t9-/m1/s1. The number of nitrogens with one attached hydrogen (secondary N) is 3. The van der Waals surface area contributed by atoms with Gasteiger partial charge in [0.15, 0.2) is 5.16 Å². The third-order valence-electron chi connectivity index (χ3n) is 3.53. The quantitative estimate of drug-likeness (QED) is 0.533. The third-order valence-corrected chi connectivity index (χ3v) is 4.60. The zero-order chi connectivity index (χ0) is 17.3. The van der Waals surface area contributed by atoms with E-state index in [1.807, 2.05) is 6.07 Å². The molecule has 0 saturated heterocycles. The Kier molecular flexibility index (Phi) is 4.72. The van der Waals surface area contributed by atoms with Crippen molar-refractivity contribution in [1.82, 2.24) is 9.97 Å². The number of nitrogens with zero attached hydrogens (tertiary/aromatic N) is 1. The predicted octanol–water partition coefficient (Wildman–Crippen LogP) is 2.32. The summed E-state index contributed by atoms with van der Waals surface area (Å²) in [6.07, 6.45) is 1.66. The number of halogens is 1. The summed E-state index contributed by atoms with van der Waals surface area (Å²) in [5, 5.41) is 5.68. The highest BCUT2D eigenvalue weighted by atomic mass is 79.9. The molecule has 24 heavy (non-hydrogen) atoms. The number of hydrogen-bond donors (Lipinski definition) is 3. The SMILES string of the molecule is CSc1nc2c(c(=O)[nH]1)[C@H](C(=O)Nc1cccc(Br)c1)CC(=O)N2. The number of hydrogen-bond acceptors (Lipinski definition) is 5. The summed E-state index contributed by atoms with van der Waals surface area (Å²) in [6.45, 7) is 0. The lowest BCUT2D eigenvalue weighted by atomic mass is 9.92. The smallest absolute Gasteiger partial charge is 0.257 e. The summed E-state index contributed by atoms with van der Waals surface area (Å²) in [4.78, 5) is 43.6. The maximum atomic E-state index is 12.6. The number of aromatic nitrogens is 2. The maximum absolute atomic E-state index is 12.6. The highest BCUT2D eigenvalue weighted by Gasteiger charge is 2.34. The molecule has 1 aromatic carbocycles. The van der Waals surface area contributed by atoms with Gasteiger partial charge in [-0.15, -0.1) is 0 Å². The number of carbonyl (C=O) groups is 2. The van der Waals surface area contributed by atoms with Gasteiger partial charge in [0, 0.05) is 16.6 Å². The maximum Gasteiger partial charge on any atom is 0.257 e. The molecule has 0 saturated carbocycles. The van der Waals surface area contributed by atoms with Crippen molar-refractivity contribution in [2.45, 2.75) is 17.5 Å². The predicted molar refractivity (Wildman–Crippen MR) is 95.4 cm³/mol. The molecule has 0 fully saturated rings. The number of benzene rings is 1. The molecule has 1 aliphatic rings. The van der Waals surface area contributed by atoms with Crippen molar-refractivity contribution < 1.29 is 9.59 Å². The first-order valence-corrected chi connectivity index (χ1v) is 9.04. The van der Waals surface area contributed by atoms with E-state index in [0.29, 0.717) is 10.8 Å². The van der Waals surface area contributed by atoms with Crippen LogP contribution in [-0.2, 0) is 9.59 Å². The minimum Gasteiger partial charge on any atom is -0.326 e. The molecule has 2 aromatic rings. The molecule has 1 aliphatic heterocycles. The van der Waals surface area contributed by atoms with Gasteiger partial charge in [-0.1, -0.05) is 33.8 Å². The number of aromatic amines is 1. The van der Waals surface area contributed by atoms with Gasteiger partial charge < -0.3 is 15.6 Å². The van der Waals surface area contributed by atoms with Gasteiger partial charge in [-0.05, 0) is 24.5 Å². The van der Waals surface area contributed by atoms with Gasteiger partial charge in [0.05, 0.1) is 11.5 Å². The summed E-state index contributed by atoms with van der Waals surface area (Å²) in [5.41, 5.74) is 0.339. The number of carbonyl (C=O) groups excluding carboxylic acids is 2. The van der Waals surface area contributed by atoms with Gasteiger partial charge in [-0.2, -0.15) is 0 Å². The van der Waals surface area contributed by atoms with Gasteiger partial charge >= 0.3 is 0 Å². The highest BCUT2D eigenvalue weighted by molar-refractivity contribution is 9.10. The Hall–Kier alpha value is -2.13. The van der Waals surface area contributed by atoms with E-state index in [4.69, 9.17) is 0 Å². The van der Waals surface area contributed by atoms with E-state index in [0.717, 1.165) is 4.47 Å². The second kappa shape index (κ2) is 6.78. The van der Waals surface area contributed by atoms with Crippen LogP contribution in [0.25, 0.3) is 0 Å². The average molecular weight is 409 g/mol. The van der Waals surface area contributed by atoms with Crippen molar-refractivity contribution in [2.24, 2.45) is 0 Å². The fourth-order valence-corrected chi connectivity index (χ4v) is 3.24. The van der Waals surface area contributed by atoms with Crippen molar-refractivity contribution in [3.8, 4) is 0 Å². The molecule has 124 valence electrons. The Morgan fingerprint density at radius 3 is 2.92 bits per heavy atom. The minimum atomic E-state index is -0.889. The minimum absolute atomic E-state index is 0.101. The summed E-state index contributed by atoms with van der Waals surface area (Å²) in [7, 11) is 0. The lowest BCUT2D eigenvalue weighted by molar-refractivity contribution is -0.123. The lowest BCUT2D eigenvalue weighted by Gasteiger charge is -2.23. The van der Waals surface area contributed by atoms with Crippen LogP contribution in [0.2, 0.25) is 0 Å². The number of rotatable bonds is 3. The molecule has 2 heterocycles. The van der Waals surface area contributed by atoms with Crippen molar-refractivity contribution in [1.29, 1.82) is 0 Å². The fraction of sp³-hybridized carbons (Fsp3) is 0.200. The van der Waals surface area contributed by atoms with E-state index in [9.17, 15) is 14.4 Å². The van der Waals surface area contributed by atoms with E-state index in [-0.39, 0.29) is 23.7 Å². The topological polar surface area (TPSA) is 104 Å². The van der Waals surface area contributed by atoms with E-state index in [2.05, 4.69) is 36.5 Å². The van der Waals surface area contributed by atoms with Crippen LogP contribution in [0.4, 0.5) is 11.5 Å². The Labute approximate surface area is 149 Å². The Balaban J connectivity index is 1.96. The monoisotopic (exact) mass is 408 g/mol. The number of anilines is 2.